The van der Waals surface area contributed by atoms with Gasteiger partial charge >= 0.3 is 0 Å². The van der Waals surface area contributed by atoms with Crippen molar-refractivity contribution in [3.05, 3.63) is 0 Å². The molecule has 2 nitrogen and oxygen atoms in total. The van der Waals surface area contributed by atoms with Crippen LogP contribution in [0.25, 0.3) is 0 Å². The number of likely N-dealkylation sites (tertiary alicyclic amines) is 1. The molecule has 1 heterocycles. The number of hydrogen-bond donors (Lipinski definition) is 0. The van der Waals surface area contributed by atoms with E-state index in [1.165, 1.54) is 44.4 Å². The van der Waals surface area contributed by atoms with E-state index in [1.54, 1.807) is 0 Å². The first-order valence-corrected chi connectivity index (χ1v) is 6.27. The molecule has 0 radical (unpaired) electrons. The third kappa shape index (κ3) is 4.43. The number of piperidine rings is 1. The van der Waals surface area contributed by atoms with Crippen LogP contribution in [-0.2, 0) is 0 Å². The van der Waals surface area contributed by atoms with E-state index in [2.05, 4.69) is 39.8 Å². The van der Waals surface area contributed by atoms with E-state index in [-0.39, 0.29) is 0 Å². The Morgan fingerprint density at radius 3 is 2.38 bits per heavy atom. The van der Waals surface area contributed by atoms with Crippen LogP contribution in [-0.4, -0.2) is 55.4 Å². The Kier molecular flexibility index (Phi) is 5.29. The molecule has 1 aliphatic rings. The first kappa shape index (κ1) is 11.5. The van der Waals surface area contributed by atoms with Gasteiger partial charge < -0.3 is 9.80 Å². The molecular formula is C10H21BrN2. The monoisotopic (exact) mass is 248 g/mol. The third-order valence-electron chi connectivity index (χ3n) is 2.79. The van der Waals surface area contributed by atoms with E-state index in [9.17, 15) is 0 Å². The summed E-state index contributed by atoms with van der Waals surface area (Å²) in [5.41, 5.74) is 0. The lowest BCUT2D eigenvalue weighted by Gasteiger charge is -2.31. The van der Waals surface area contributed by atoms with Crippen LogP contribution in [0, 0.1) is 5.92 Å². The number of rotatable bonds is 4. The van der Waals surface area contributed by atoms with Crippen LogP contribution < -0.4 is 0 Å². The number of nitrogens with zero attached hydrogens (tertiary/aromatic N) is 2. The number of hydrogen-bond acceptors (Lipinski definition) is 2. The van der Waals surface area contributed by atoms with E-state index in [0.717, 1.165) is 5.92 Å². The smallest absolute Gasteiger partial charge is 0.0109 e. The number of alkyl halides is 1. The lowest BCUT2D eigenvalue weighted by atomic mass is 9.99. The summed E-state index contributed by atoms with van der Waals surface area (Å²) in [6, 6.07) is 0. The SMILES string of the molecule is CN(C)CCN1CCC(CBr)CC1. The van der Waals surface area contributed by atoms with E-state index >= 15 is 0 Å². The minimum absolute atomic E-state index is 0.926. The fourth-order valence-electron chi connectivity index (χ4n) is 1.71. The highest BCUT2D eigenvalue weighted by Gasteiger charge is 2.17. The van der Waals surface area contributed by atoms with Crippen molar-refractivity contribution in [2.45, 2.75) is 12.8 Å². The number of halogens is 1. The average Bonchev–Trinajstić information content (AvgIpc) is 2.15. The van der Waals surface area contributed by atoms with Gasteiger partial charge in [-0.05, 0) is 45.9 Å². The third-order valence-corrected chi connectivity index (χ3v) is 3.70. The Morgan fingerprint density at radius 2 is 1.92 bits per heavy atom. The van der Waals surface area contributed by atoms with Crippen molar-refractivity contribution < 1.29 is 0 Å². The van der Waals surface area contributed by atoms with Gasteiger partial charge in [0.05, 0.1) is 0 Å². The normalized spacial score (nSPS) is 21.2. The Balaban J connectivity index is 2.10. The summed E-state index contributed by atoms with van der Waals surface area (Å²) in [5, 5.41) is 1.19. The average molecular weight is 249 g/mol. The summed E-state index contributed by atoms with van der Waals surface area (Å²) < 4.78 is 0. The molecule has 0 amide bonds. The van der Waals surface area contributed by atoms with Crippen LogP contribution in [0.1, 0.15) is 12.8 Å². The van der Waals surface area contributed by atoms with Crippen LogP contribution in [0.3, 0.4) is 0 Å². The molecule has 0 aromatic carbocycles. The molecule has 0 spiro atoms. The fraction of sp³-hybridized carbons (Fsp3) is 1.00. The molecule has 1 rings (SSSR count). The van der Waals surface area contributed by atoms with Gasteiger partial charge in [-0.15, -0.1) is 0 Å². The molecule has 0 atom stereocenters. The van der Waals surface area contributed by atoms with E-state index < -0.39 is 0 Å². The maximum Gasteiger partial charge on any atom is 0.0109 e. The first-order chi connectivity index (χ1) is 6.22. The molecule has 1 fully saturated rings. The zero-order valence-corrected chi connectivity index (χ0v) is 10.4. The summed E-state index contributed by atoms with van der Waals surface area (Å²) in [6.45, 7) is 5.02. The maximum absolute atomic E-state index is 3.57. The van der Waals surface area contributed by atoms with Crippen molar-refractivity contribution in [1.29, 1.82) is 0 Å². The molecule has 0 unspecified atom stereocenters. The summed E-state index contributed by atoms with van der Waals surface area (Å²) in [4.78, 5) is 4.84. The minimum Gasteiger partial charge on any atom is -0.308 e. The fourth-order valence-corrected chi connectivity index (χ4v) is 2.35. The molecule has 3 heteroatoms. The number of likely N-dealkylation sites (N-methyl/N-ethyl adjacent to an activating group) is 1. The van der Waals surface area contributed by atoms with Gasteiger partial charge in [0.1, 0.15) is 0 Å². The summed E-state index contributed by atoms with van der Waals surface area (Å²) in [6.07, 6.45) is 2.75. The molecule has 0 aromatic heterocycles. The van der Waals surface area contributed by atoms with E-state index in [1.807, 2.05) is 0 Å². The second-order valence-corrected chi connectivity index (χ2v) is 4.89. The highest BCUT2D eigenvalue weighted by Crippen LogP contribution is 2.18. The van der Waals surface area contributed by atoms with Gasteiger partial charge in [-0.1, -0.05) is 15.9 Å². The van der Waals surface area contributed by atoms with Gasteiger partial charge in [-0.2, -0.15) is 0 Å². The maximum atomic E-state index is 3.57. The molecule has 0 aromatic rings. The quantitative estimate of drug-likeness (QED) is 0.699. The van der Waals surface area contributed by atoms with Crippen LogP contribution in [0.15, 0.2) is 0 Å². The van der Waals surface area contributed by atoms with Gasteiger partial charge in [-0.3, -0.25) is 0 Å². The lowest BCUT2D eigenvalue weighted by molar-refractivity contribution is 0.179. The van der Waals surface area contributed by atoms with Crippen LogP contribution >= 0.6 is 15.9 Å². The Hall–Kier alpha value is 0.400. The molecule has 0 bridgehead atoms. The zero-order valence-electron chi connectivity index (χ0n) is 8.80. The van der Waals surface area contributed by atoms with Crippen molar-refractivity contribution >= 4 is 15.9 Å². The lowest BCUT2D eigenvalue weighted by Crippen LogP contribution is -2.38. The van der Waals surface area contributed by atoms with Crippen molar-refractivity contribution in [3.8, 4) is 0 Å². The largest absolute Gasteiger partial charge is 0.308 e. The molecule has 1 aliphatic heterocycles. The molecule has 0 N–H and O–H groups in total. The summed E-state index contributed by atoms with van der Waals surface area (Å²) in [5.74, 6) is 0.926. The Labute approximate surface area is 90.4 Å². The van der Waals surface area contributed by atoms with Crippen LogP contribution in [0.5, 0.6) is 0 Å². The molecule has 78 valence electrons. The highest BCUT2D eigenvalue weighted by molar-refractivity contribution is 9.09. The predicted octanol–water partition coefficient (Wildman–Crippen LogP) is 1.65. The summed E-state index contributed by atoms with van der Waals surface area (Å²) >= 11 is 3.57. The molecule has 1 saturated heterocycles. The standard InChI is InChI=1S/C10H21BrN2/c1-12(2)7-8-13-5-3-10(9-11)4-6-13/h10H,3-9H2,1-2H3. The van der Waals surface area contributed by atoms with Gasteiger partial charge in [0.25, 0.3) is 0 Å². The second kappa shape index (κ2) is 5.99. The van der Waals surface area contributed by atoms with Crippen LogP contribution in [0.4, 0.5) is 0 Å². The topological polar surface area (TPSA) is 6.48 Å². The molecule has 0 saturated carbocycles. The molecular weight excluding hydrogens is 228 g/mol. The summed E-state index contributed by atoms with van der Waals surface area (Å²) in [7, 11) is 4.29. The van der Waals surface area contributed by atoms with E-state index in [0.29, 0.717) is 0 Å². The van der Waals surface area contributed by atoms with Crippen molar-refractivity contribution in [2.24, 2.45) is 5.92 Å². The van der Waals surface area contributed by atoms with Gasteiger partial charge in [0.15, 0.2) is 0 Å². The molecule has 13 heavy (non-hydrogen) atoms. The van der Waals surface area contributed by atoms with Gasteiger partial charge in [0.2, 0.25) is 0 Å². The zero-order chi connectivity index (χ0) is 9.68. The van der Waals surface area contributed by atoms with Gasteiger partial charge in [-0.25, -0.2) is 0 Å². The van der Waals surface area contributed by atoms with Crippen molar-refractivity contribution in [3.63, 3.8) is 0 Å². The highest BCUT2D eigenvalue weighted by atomic mass is 79.9. The van der Waals surface area contributed by atoms with Gasteiger partial charge in [0, 0.05) is 18.4 Å². The minimum atomic E-state index is 0.926. The van der Waals surface area contributed by atoms with Crippen molar-refractivity contribution in [1.82, 2.24) is 9.80 Å². The Morgan fingerprint density at radius 1 is 1.31 bits per heavy atom. The predicted molar refractivity (Wildman–Crippen MR) is 61.5 cm³/mol. The first-order valence-electron chi connectivity index (χ1n) is 5.15. The Bertz CT molecular complexity index is 131. The molecule has 0 aliphatic carbocycles. The second-order valence-electron chi connectivity index (χ2n) is 4.24. The van der Waals surface area contributed by atoms with E-state index in [4.69, 9.17) is 0 Å². The van der Waals surface area contributed by atoms with Crippen LogP contribution in [0.2, 0.25) is 0 Å². The van der Waals surface area contributed by atoms with Crippen molar-refractivity contribution in [2.75, 3.05) is 45.6 Å².